The number of benzene rings is 1. The second-order valence-electron chi connectivity index (χ2n) is 6.68. The molecule has 0 aliphatic carbocycles. The minimum atomic E-state index is -0.495. The molecule has 8 nitrogen and oxygen atoms in total. The molecule has 0 aliphatic heterocycles. The highest BCUT2D eigenvalue weighted by molar-refractivity contribution is 9.10. The fourth-order valence-electron chi connectivity index (χ4n) is 2.64. The van der Waals surface area contributed by atoms with Gasteiger partial charge in [-0.1, -0.05) is 41.9 Å². The quantitative estimate of drug-likeness (QED) is 0.462. The summed E-state index contributed by atoms with van der Waals surface area (Å²) < 4.78 is 4.09. The molecule has 27 heavy (non-hydrogen) atoms. The van der Waals surface area contributed by atoms with Gasteiger partial charge in [0.15, 0.2) is 11.2 Å². The third kappa shape index (κ3) is 4.19. The Morgan fingerprint density at radius 3 is 2.67 bits per heavy atom. The smallest absolute Gasteiger partial charge is 0.303 e. The molecule has 142 valence electrons. The van der Waals surface area contributed by atoms with Crippen LogP contribution in [-0.4, -0.2) is 25.3 Å². The van der Waals surface area contributed by atoms with Crippen molar-refractivity contribution in [2.24, 2.45) is 18.1 Å². The van der Waals surface area contributed by atoms with Gasteiger partial charge in [0.2, 0.25) is 5.95 Å². The third-order valence-corrected chi connectivity index (χ3v) is 4.71. The number of hydrogen-bond donors (Lipinski definition) is 2. The molecular formula is C18H21BrN6O2. The van der Waals surface area contributed by atoms with E-state index in [0.717, 1.165) is 16.5 Å². The number of hydrogen-bond acceptors (Lipinski definition) is 5. The Morgan fingerprint density at radius 2 is 2.00 bits per heavy atom. The van der Waals surface area contributed by atoms with Gasteiger partial charge in [0.25, 0.3) is 5.56 Å². The third-order valence-electron chi connectivity index (χ3n) is 4.19. The van der Waals surface area contributed by atoms with E-state index in [4.69, 9.17) is 0 Å². The van der Waals surface area contributed by atoms with Crippen molar-refractivity contribution in [1.82, 2.24) is 19.1 Å². The van der Waals surface area contributed by atoms with Crippen molar-refractivity contribution in [2.75, 3.05) is 5.43 Å². The van der Waals surface area contributed by atoms with Crippen LogP contribution < -0.4 is 16.7 Å². The van der Waals surface area contributed by atoms with Crippen LogP contribution in [0.3, 0.4) is 0 Å². The SMILES string of the molecule is CC(C)CCn1c(N/N=C/c2ccc(Br)cc2)nc2c1c(=O)[nH]c(=O)n2C. The standard InChI is InChI=1S/C18H21BrN6O2/c1-11(2)8-9-25-14-15(24(3)18(27)22-16(14)26)21-17(25)23-20-10-12-4-6-13(19)7-5-12/h4-7,10-11H,8-9H2,1-3H3,(H,21,23)(H,22,26,27)/b20-10+. The van der Waals surface area contributed by atoms with Gasteiger partial charge in [0, 0.05) is 18.1 Å². The zero-order valence-corrected chi connectivity index (χ0v) is 16.9. The topological polar surface area (TPSA) is 97.1 Å². The highest BCUT2D eigenvalue weighted by Gasteiger charge is 2.17. The number of aromatic nitrogens is 4. The van der Waals surface area contributed by atoms with Crippen molar-refractivity contribution in [3.8, 4) is 0 Å². The first kappa shape index (κ1) is 19.1. The number of imidazole rings is 1. The van der Waals surface area contributed by atoms with Crippen molar-refractivity contribution < 1.29 is 0 Å². The fourth-order valence-corrected chi connectivity index (χ4v) is 2.90. The van der Waals surface area contributed by atoms with Crippen molar-refractivity contribution >= 4 is 39.3 Å². The second-order valence-corrected chi connectivity index (χ2v) is 7.60. The van der Waals surface area contributed by atoms with E-state index in [1.807, 2.05) is 24.3 Å². The summed E-state index contributed by atoms with van der Waals surface area (Å²) in [5.41, 5.74) is 3.57. The van der Waals surface area contributed by atoms with Crippen LogP contribution in [0.4, 0.5) is 5.95 Å². The maximum atomic E-state index is 12.4. The predicted octanol–water partition coefficient (Wildman–Crippen LogP) is 2.68. The number of aromatic amines is 1. The van der Waals surface area contributed by atoms with Gasteiger partial charge in [-0.2, -0.15) is 10.1 Å². The minimum Gasteiger partial charge on any atom is -0.303 e. The Bertz CT molecular complexity index is 1090. The maximum Gasteiger partial charge on any atom is 0.329 e. The fraction of sp³-hybridized carbons (Fsp3) is 0.333. The molecule has 0 unspecified atom stereocenters. The second kappa shape index (κ2) is 7.91. The van der Waals surface area contributed by atoms with Gasteiger partial charge in [0.1, 0.15) is 0 Å². The molecule has 3 rings (SSSR count). The average molecular weight is 433 g/mol. The molecule has 0 saturated heterocycles. The van der Waals surface area contributed by atoms with Gasteiger partial charge in [-0.3, -0.25) is 14.3 Å². The molecular weight excluding hydrogens is 412 g/mol. The summed E-state index contributed by atoms with van der Waals surface area (Å²) in [7, 11) is 1.58. The Balaban J connectivity index is 2.00. The average Bonchev–Trinajstić information content (AvgIpc) is 2.99. The van der Waals surface area contributed by atoms with E-state index in [2.05, 4.69) is 50.3 Å². The molecule has 3 aromatic rings. The van der Waals surface area contributed by atoms with Gasteiger partial charge < -0.3 is 4.57 Å². The van der Waals surface area contributed by atoms with Crippen LogP contribution in [0.2, 0.25) is 0 Å². The van der Waals surface area contributed by atoms with Crippen molar-refractivity contribution in [3.05, 3.63) is 55.1 Å². The minimum absolute atomic E-state index is 0.328. The number of aryl methyl sites for hydroxylation is 2. The molecule has 9 heteroatoms. The molecule has 1 aromatic carbocycles. The van der Waals surface area contributed by atoms with Crippen LogP contribution in [-0.2, 0) is 13.6 Å². The number of anilines is 1. The first-order chi connectivity index (χ1) is 12.9. The molecule has 2 N–H and O–H groups in total. The predicted molar refractivity (Wildman–Crippen MR) is 110 cm³/mol. The normalized spacial score (nSPS) is 11.7. The van der Waals surface area contributed by atoms with Crippen LogP contribution in [0.15, 0.2) is 43.4 Å². The molecule has 0 amide bonds. The summed E-state index contributed by atoms with van der Waals surface area (Å²) in [6.45, 7) is 4.81. The van der Waals surface area contributed by atoms with Crippen molar-refractivity contribution in [3.63, 3.8) is 0 Å². The Kier molecular flexibility index (Phi) is 5.59. The number of halogens is 1. The van der Waals surface area contributed by atoms with E-state index in [9.17, 15) is 9.59 Å². The molecule has 0 bridgehead atoms. The zero-order valence-electron chi connectivity index (χ0n) is 15.4. The van der Waals surface area contributed by atoms with Crippen LogP contribution in [0.5, 0.6) is 0 Å². The van der Waals surface area contributed by atoms with Crippen LogP contribution in [0.1, 0.15) is 25.8 Å². The lowest BCUT2D eigenvalue weighted by molar-refractivity contribution is 0.524. The number of nitrogens with zero attached hydrogens (tertiary/aromatic N) is 4. The first-order valence-corrected chi connectivity index (χ1v) is 9.40. The number of hydrazone groups is 1. The van der Waals surface area contributed by atoms with E-state index in [0.29, 0.717) is 29.6 Å². The van der Waals surface area contributed by atoms with E-state index in [-0.39, 0.29) is 0 Å². The number of rotatable bonds is 6. The molecule has 2 heterocycles. The number of nitrogens with one attached hydrogen (secondary N) is 2. The molecule has 0 radical (unpaired) electrons. The zero-order chi connectivity index (χ0) is 19.6. The van der Waals surface area contributed by atoms with Crippen molar-refractivity contribution in [2.45, 2.75) is 26.8 Å². The lowest BCUT2D eigenvalue weighted by atomic mass is 10.1. The summed E-state index contributed by atoms with van der Waals surface area (Å²) in [4.78, 5) is 31.0. The highest BCUT2D eigenvalue weighted by Crippen LogP contribution is 2.17. The molecule has 0 fully saturated rings. The lowest BCUT2D eigenvalue weighted by Crippen LogP contribution is -2.29. The summed E-state index contributed by atoms with van der Waals surface area (Å²) in [5, 5.41) is 4.23. The molecule has 0 aliphatic rings. The van der Waals surface area contributed by atoms with E-state index < -0.39 is 11.2 Å². The van der Waals surface area contributed by atoms with Crippen molar-refractivity contribution in [1.29, 1.82) is 0 Å². The van der Waals surface area contributed by atoms with Gasteiger partial charge in [0.05, 0.1) is 6.21 Å². The van der Waals surface area contributed by atoms with Crippen LogP contribution in [0.25, 0.3) is 11.2 Å². The van der Waals surface area contributed by atoms with E-state index >= 15 is 0 Å². The first-order valence-electron chi connectivity index (χ1n) is 8.61. The summed E-state index contributed by atoms with van der Waals surface area (Å²) in [5.74, 6) is 0.874. The Morgan fingerprint density at radius 1 is 1.30 bits per heavy atom. The Hall–Kier alpha value is -2.68. The Labute approximate surface area is 164 Å². The number of H-pyrrole nitrogens is 1. The monoisotopic (exact) mass is 432 g/mol. The molecule has 2 aromatic heterocycles. The van der Waals surface area contributed by atoms with E-state index in [1.165, 1.54) is 4.57 Å². The summed E-state index contributed by atoms with van der Waals surface area (Å²) in [6.07, 6.45) is 2.53. The van der Waals surface area contributed by atoms with Crippen LogP contribution >= 0.6 is 15.9 Å². The number of fused-ring (bicyclic) bond motifs is 1. The van der Waals surface area contributed by atoms with Gasteiger partial charge in [-0.25, -0.2) is 10.2 Å². The van der Waals surface area contributed by atoms with Gasteiger partial charge in [-0.15, -0.1) is 0 Å². The van der Waals surface area contributed by atoms with E-state index in [1.54, 1.807) is 17.8 Å². The van der Waals surface area contributed by atoms with Crippen LogP contribution in [0, 0.1) is 5.92 Å². The molecule has 0 atom stereocenters. The highest BCUT2D eigenvalue weighted by atomic mass is 79.9. The summed E-state index contributed by atoms with van der Waals surface area (Å²) >= 11 is 3.39. The maximum absolute atomic E-state index is 12.4. The lowest BCUT2D eigenvalue weighted by Gasteiger charge is -2.09. The molecule has 0 saturated carbocycles. The summed E-state index contributed by atoms with van der Waals surface area (Å²) in [6, 6.07) is 7.69. The van der Waals surface area contributed by atoms with Gasteiger partial charge in [-0.05, 0) is 30.0 Å². The van der Waals surface area contributed by atoms with Gasteiger partial charge >= 0.3 is 5.69 Å². The largest absolute Gasteiger partial charge is 0.329 e. The molecule has 0 spiro atoms.